The molecule has 13 heavy (non-hydrogen) atoms. The Kier molecular flexibility index (Phi) is 2.60. The molecular formula is C12H18O. The van der Waals surface area contributed by atoms with Gasteiger partial charge in [0.2, 0.25) is 0 Å². The van der Waals surface area contributed by atoms with Crippen molar-refractivity contribution in [3.63, 3.8) is 0 Å². The molecule has 1 nitrogen and oxygen atoms in total. The van der Waals surface area contributed by atoms with Gasteiger partial charge in [0.15, 0.2) is 0 Å². The van der Waals surface area contributed by atoms with Gasteiger partial charge in [0.25, 0.3) is 0 Å². The van der Waals surface area contributed by atoms with E-state index >= 15 is 0 Å². The van der Waals surface area contributed by atoms with Crippen molar-refractivity contribution in [2.75, 3.05) is 0 Å². The van der Waals surface area contributed by atoms with Gasteiger partial charge in [-0.3, -0.25) is 0 Å². The second-order valence-corrected chi connectivity index (χ2v) is 4.54. The minimum atomic E-state index is -0.150. The number of rotatable bonds is 2. The Hall–Kier alpha value is -0.480. The lowest BCUT2D eigenvalue weighted by molar-refractivity contribution is 0.0790. The van der Waals surface area contributed by atoms with Crippen LogP contribution in [0.3, 0.4) is 0 Å². The lowest BCUT2D eigenvalue weighted by atomic mass is 9.84. The molecular weight excluding hydrogens is 160 g/mol. The van der Waals surface area contributed by atoms with Crippen molar-refractivity contribution in [2.24, 2.45) is 17.8 Å². The third-order valence-electron chi connectivity index (χ3n) is 3.77. The minimum Gasteiger partial charge on any atom is -0.392 e. The highest BCUT2D eigenvalue weighted by molar-refractivity contribution is 5.01. The average molecular weight is 178 g/mol. The van der Waals surface area contributed by atoms with Gasteiger partial charge in [-0.2, -0.15) is 0 Å². The van der Waals surface area contributed by atoms with E-state index < -0.39 is 0 Å². The molecule has 2 bridgehead atoms. The molecule has 0 aliphatic heterocycles. The van der Waals surface area contributed by atoms with Gasteiger partial charge in [0, 0.05) is 6.42 Å². The largest absolute Gasteiger partial charge is 0.392 e. The maximum Gasteiger partial charge on any atom is 0.0680 e. The van der Waals surface area contributed by atoms with Crippen molar-refractivity contribution in [2.45, 2.75) is 45.1 Å². The summed E-state index contributed by atoms with van der Waals surface area (Å²) in [5.41, 5.74) is 0. The number of aliphatic hydroxyl groups is 1. The maximum atomic E-state index is 9.90. The van der Waals surface area contributed by atoms with Crippen LogP contribution < -0.4 is 0 Å². The van der Waals surface area contributed by atoms with E-state index in [1.54, 1.807) is 0 Å². The van der Waals surface area contributed by atoms with E-state index in [2.05, 4.69) is 11.8 Å². The molecule has 0 amide bonds. The Morgan fingerprint density at radius 3 is 2.77 bits per heavy atom. The van der Waals surface area contributed by atoms with Crippen molar-refractivity contribution < 1.29 is 5.11 Å². The molecule has 0 aromatic heterocycles. The second-order valence-electron chi connectivity index (χ2n) is 4.54. The normalized spacial score (nSPS) is 38.5. The highest BCUT2D eigenvalue weighted by Gasteiger charge is 2.42. The van der Waals surface area contributed by atoms with Gasteiger partial charge in [-0.15, -0.1) is 11.8 Å². The Morgan fingerprint density at radius 1 is 1.38 bits per heavy atom. The summed E-state index contributed by atoms with van der Waals surface area (Å²) in [5.74, 6) is 8.16. The second kappa shape index (κ2) is 3.72. The van der Waals surface area contributed by atoms with Crippen LogP contribution >= 0.6 is 0 Å². The van der Waals surface area contributed by atoms with Crippen LogP contribution in [0.15, 0.2) is 0 Å². The standard InChI is InChI=1S/C12H18O/c1-2-3-4-12(13)11-8-9-5-6-10(11)7-9/h9-13H,4-8H2,1H3. The summed E-state index contributed by atoms with van der Waals surface area (Å²) in [4.78, 5) is 0. The first kappa shape index (κ1) is 9.09. The van der Waals surface area contributed by atoms with Crippen molar-refractivity contribution in [3.8, 4) is 11.8 Å². The molecule has 1 heteroatoms. The third kappa shape index (κ3) is 1.74. The van der Waals surface area contributed by atoms with Crippen LogP contribution in [0.25, 0.3) is 0 Å². The number of fused-ring (bicyclic) bond motifs is 2. The Bertz CT molecular complexity index is 235. The van der Waals surface area contributed by atoms with E-state index in [-0.39, 0.29) is 6.10 Å². The molecule has 2 fully saturated rings. The fourth-order valence-electron chi connectivity index (χ4n) is 3.12. The summed E-state index contributed by atoms with van der Waals surface area (Å²) >= 11 is 0. The molecule has 2 aliphatic rings. The summed E-state index contributed by atoms with van der Waals surface area (Å²) in [7, 11) is 0. The van der Waals surface area contributed by atoms with Crippen molar-refractivity contribution in [1.82, 2.24) is 0 Å². The number of hydrogen-bond acceptors (Lipinski definition) is 1. The first-order valence-corrected chi connectivity index (χ1v) is 5.39. The smallest absolute Gasteiger partial charge is 0.0680 e. The van der Waals surface area contributed by atoms with Gasteiger partial charge in [0.1, 0.15) is 0 Å². The van der Waals surface area contributed by atoms with E-state index in [0.717, 1.165) is 11.8 Å². The molecule has 2 rings (SSSR count). The lowest BCUT2D eigenvalue weighted by Crippen LogP contribution is -2.25. The molecule has 2 saturated carbocycles. The molecule has 4 atom stereocenters. The molecule has 0 saturated heterocycles. The Balaban J connectivity index is 1.89. The predicted molar refractivity (Wildman–Crippen MR) is 53.0 cm³/mol. The third-order valence-corrected chi connectivity index (χ3v) is 3.77. The van der Waals surface area contributed by atoms with Gasteiger partial charge in [-0.05, 0) is 43.9 Å². The molecule has 1 N–H and O–H groups in total. The number of hydrogen-bond donors (Lipinski definition) is 1. The van der Waals surface area contributed by atoms with Crippen LogP contribution in [0, 0.1) is 29.6 Å². The summed E-state index contributed by atoms with van der Waals surface area (Å²) in [6.45, 7) is 1.84. The van der Waals surface area contributed by atoms with Crippen molar-refractivity contribution in [1.29, 1.82) is 0 Å². The van der Waals surface area contributed by atoms with Crippen LogP contribution in [-0.2, 0) is 0 Å². The van der Waals surface area contributed by atoms with E-state index in [9.17, 15) is 5.11 Å². The Morgan fingerprint density at radius 2 is 2.23 bits per heavy atom. The van der Waals surface area contributed by atoms with E-state index in [1.165, 1.54) is 25.7 Å². The van der Waals surface area contributed by atoms with Crippen LogP contribution in [0.5, 0.6) is 0 Å². The van der Waals surface area contributed by atoms with Crippen molar-refractivity contribution >= 4 is 0 Å². The fraction of sp³-hybridized carbons (Fsp3) is 0.833. The zero-order chi connectivity index (χ0) is 9.26. The molecule has 0 aromatic rings. The zero-order valence-corrected chi connectivity index (χ0v) is 8.29. The van der Waals surface area contributed by atoms with Crippen LogP contribution in [-0.4, -0.2) is 11.2 Å². The van der Waals surface area contributed by atoms with Crippen molar-refractivity contribution in [3.05, 3.63) is 0 Å². The molecule has 0 radical (unpaired) electrons. The van der Waals surface area contributed by atoms with E-state index in [0.29, 0.717) is 12.3 Å². The summed E-state index contributed by atoms with van der Waals surface area (Å²) < 4.78 is 0. The van der Waals surface area contributed by atoms with Gasteiger partial charge in [-0.25, -0.2) is 0 Å². The molecule has 72 valence electrons. The monoisotopic (exact) mass is 178 g/mol. The molecule has 0 heterocycles. The molecule has 4 unspecified atom stereocenters. The first-order valence-electron chi connectivity index (χ1n) is 5.39. The molecule has 0 aromatic carbocycles. The summed E-state index contributed by atoms with van der Waals surface area (Å²) in [5, 5.41) is 9.90. The topological polar surface area (TPSA) is 20.2 Å². The molecule has 0 spiro atoms. The SMILES string of the molecule is CC#CCC(O)C1CC2CCC1C2. The van der Waals surface area contributed by atoms with Crippen LogP contribution in [0.1, 0.15) is 39.0 Å². The first-order chi connectivity index (χ1) is 6.31. The van der Waals surface area contributed by atoms with E-state index in [1.807, 2.05) is 6.92 Å². The molecule has 2 aliphatic carbocycles. The van der Waals surface area contributed by atoms with Crippen LogP contribution in [0.4, 0.5) is 0 Å². The minimum absolute atomic E-state index is 0.150. The van der Waals surface area contributed by atoms with Gasteiger partial charge in [-0.1, -0.05) is 6.42 Å². The van der Waals surface area contributed by atoms with Gasteiger partial charge in [0.05, 0.1) is 6.10 Å². The predicted octanol–water partition coefficient (Wildman–Crippen LogP) is 2.20. The van der Waals surface area contributed by atoms with Gasteiger partial charge < -0.3 is 5.11 Å². The average Bonchev–Trinajstić information content (AvgIpc) is 2.74. The fourth-order valence-corrected chi connectivity index (χ4v) is 3.12. The summed E-state index contributed by atoms with van der Waals surface area (Å²) in [6.07, 6.45) is 5.94. The summed E-state index contributed by atoms with van der Waals surface area (Å²) in [6, 6.07) is 0. The Labute approximate surface area is 80.5 Å². The van der Waals surface area contributed by atoms with E-state index in [4.69, 9.17) is 0 Å². The van der Waals surface area contributed by atoms with Crippen LogP contribution in [0.2, 0.25) is 0 Å². The lowest BCUT2D eigenvalue weighted by Gasteiger charge is -2.25. The zero-order valence-electron chi connectivity index (χ0n) is 8.29. The van der Waals surface area contributed by atoms with Gasteiger partial charge >= 0.3 is 0 Å². The quantitative estimate of drug-likeness (QED) is 0.643. The number of aliphatic hydroxyl groups excluding tert-OH is 1. The highest BCUT2D eigenvalue weighted by atomic mass is 16.3. The highest BCUT2D eigenvalue weighted by Crippen LogP contribution is 2.49. The maximum absolute atomic E-state index is 9.90.